The highest BCUT2D eigenvalue weighted by molar-refractivity contribution is 6.07. The summed E-state index contributed by atoms with van der Waals surface area (Å²) in [6, 6.07) is 1.92. The van der Waals surface area contributed by atoms with Crippen LogP contribution in [0.4, 0.5) is 13.6 Å². The number of imide groups is 1. The van der Waals surface area contributed by atoms with Crippen LogP contribution < -0.4 is 5.32 Å². The Balaban J connectivity index is 1.84. The van der Waals surface area contributed by atoms with Crippen LogP contribution in [0.5, 0.6) is 0 Å². The lowest BCUT2D eigenvalue weighted by Crippen LogP contribution is -2.42. The number of aliphatic hydroxyl groups is 1. The Labute approximate surface area is 141 Å². The molecule has 7 nitrogen and oxygen atoms in total. The van der Waals surface area contributed by atoms with Crippen molar-refractivity contribution in [3.05, 3.63) is 59.7 Å². The summed E-state index contributed by atoms with van der Waals surface area (Å²) in [4.78, 5) is 33.5. The van der Waals surface area contributed by atoms with Crippen LogP contribution in [0.15, 0.2) is 36.8 Å². The number of hydrogen-bond acceptors (Lipinski definition) is 5. The quantitative estimate of drug-likeness (QED) is 0.811. The highest BCUT2D eigenvalue weighted by Crippen LogP contribution is 2.29. The summed E-state index contributed by atoms with van der Waals surface area (Å²) in [5.41, 5.74) is -1.42. The van der Waals surface area contributed by atoms with Crippen LogP contribution in [0.2, 0.25) is 0 Å². The first-order valence-corrected chi connectivity index (χ1v) is 7.36. The average molecular weight is 348 g/mol. The molecule has 0 saturated carbocycles. The van der Waals surface area contributed by atoms with Gasteiger partial charge in [0.2, 0.25) is 0 Å². The van der Waals surface area contributed by atoms with Crippen LogP contribution in [0.25, 0.3) is 0 Å². The third-order valence-corrected chi connectivity index (χ3v) is 4.03. The van der Waals surface area contributed by atoms with Gasteiger partial charge in [-0.1, -0.05) is 6.07 Å². The highest BCUT2D eigenvalue weighted by atomic mass is 19.1. The first-order valence-electron chi connectivity index (χ1n) is 7.36. The monoisotopic (exact) mass is 348 g/mol. The molecule has 1 aliphatic rings. The van der Waals surface area contributed by atoms with Crippen LogP contribution in [-0.2, 0) is 10.3 Å². The standard InChI is InChI=1S/C16H14F2N4O3/c1-16(13-7-19-4-5-20-13)14(24)22(15(25)21-16)8-12(23)10-3-2-9(17)6-11(10)18/h2-7,12,23H,8H2,1H3,(H,21,25). The molecule has 9 heteroatoms. The second-order valence-corrected chi connectivity index (χ2v) is 5.74. The lowest BCUT2D eigenvalue weighted by atomic mass is 9.98. The van der Waals surface area contributed by atoms with E-state index in [4.69, 9.17) is 0 Å². The minimum absolute atomic E-state index is 0.213. The number of hydrogen-bond donors (Lipinski definition) is 2. The number of halogens is 2. The highest BCUT2D eigenvalue weighted by Gasteiger charge is 2.50. The lowest BCUT2D eigenvalue weighted by molar-refractivity contribution is -0.132. The molecule has 2 unspecified atom stereocenters. The van der Waals surface area contributed by atoms with Gasteiger partial charge >= 0.3 is 6.03 Å². The lowest BCUT2D eigenvalue weighted by Gasteiger charge is -2.22. The third kappa shape index (κ3) is 2.93. The summed E-state index contributed by atoms with van der Waals surface area (Å²) >= 11 is 0. The van der Waals surface area contributed by atoms with Crippen molar-refractivity contribution in [2.45, 2.75) is 18.6 Å². The van der Waals surface area contributed by atoms with E-state index in [1.165, 1.54) is 25.5 Å². The molecular formula is C16H14F2N4O3. The number of carbonyl (C=O) groups is 2. The van der Waals surface area contributed by atoms with Gasteiger partial charge in [0.1, 0.15) is 11.6 Å². The minimum atomic E-state index is -1.50. The molecule has 1 fully saturated rings. The Bertz CT molecular complexity index is 833. The minimum Gasteiger partial charge on any atom is -0.386 e. The van der Waals surface area contributed by atoms with Gasteiger partial charge < -0.3 is 10.4 Å². The van der Waals surface area contributed by atoms with E-state index in [0.717, 1.165) is 17.0 Å². The Morgan fingerprint density at radius 1 is 1.32 bits per heavy atom. The van der Waals surface area contributed by atoms with E-state index in [2.05, 4.69) is 15.3 Å². The van der Waals surface area contributed by atoms with E-state index in [1.807, 2.05) is 0 Å². The number of aromatic nitrogens is 2. The van der Waals surface area contributed by atoms with Crippen LogP contribution in [0.1, 0.15) is 24.3 Å². The van der Waals surface area contributed by atoms with Crippen molar-refractivity contribution in [3.8, 4) is 0 Å². The molecule has 0 aliphatic carbocycles. The molecule has 2 N–H and O–H groups in total. The van der Waals surface area contributed by atoms with E-state index < -0.39 is 41.8 Å². The molecule has 1 aliphatic heterocycles. The fourth-order valence-corrected chi connectivity index (χ4v) is 2.64. The van der Waals surface area contributed by atoms with Crippen LogP contribution >= 0.6 is 0 Å². The smallest absolute Gasteiger partial charge is 0.325 e. The van der Waals surface area contributed by atoms with Crippen molar-refractivity contribution >= 4 is 11.9 Å². The zero-order valence-corrected chi connectivity index (χ0v) is 13.1. The van der Waals surface area contributed by atoms with E-state index in [0.29, 0.717) is 6.07 Å². The summed E-state index contributed by atoms with van der Waals surface area (Å²) in [5, 5.41) is 12.7. The summed E-state index contributed by atoms with van der Waals surface area (Å²) in [6.07, 6.45) is 2.65. The number of urea groups is 1. The van der Waals surface area contributed by atoms with E-state index in [1.54, 1.807) is 0 Å². The number of nitrogens with one attached hydrogen (secondary N) is 1. The number of nitrogens with zero attached hydrogens (tertiary/aromatic N) is 3. The van der Waals surface area contributed by atoms with Gasteiger partial charge in [0.15, 0.2) is 5.54 Å². The maximum atomic E-state index is 13.8. The zero-order valence-electron chi connectivity index (χ0n) is 13.1. The number of aliphatic hydroxyl groups excluding tert-OH is 1. The van der Waals surface area contributed by atoms with Crippen LogP contribution in [0.3, 0.4) is 0 Å². The summed E-state index contributed by atoms with van der Waals surface area (Å²) in [7, 11) is 0. The van der Waals surface area contributed by atoms with Gasteiger partial charge in [-0.2, -0.15) is 0 Å². The molecule has 2 aromatic rings. The average Bonchev–Trinajstić information content (AvgIpc) is 2.80. The predicted molar refractivity (Wildman–Crippen MR) is 80.9 cm³/mol. The fourth-order valence-electron chi connectivity index (χ4n) is 2.64. The third-order valence-electron chi connectivity index (χ3n) is 4.03. The molecule has 3 rings (SSSR count). The Hall–Kier alpha value is -2.94. The summed E-state index contributed by atoms with van der Waals surface area (Å²) in [5.74, 6) is -2.41. The van der Waals surface area contributed by atoms with E-state index in [-0.39, 0.29) is 11.3 Å². The second kappa shape index (κ2) is 6.17. The number of rotatable bonds is 4. The number of benzene rings is 1. The van der Waals surface area contributed by atoms with Crippen molar-refractivity contribution in [1.82, 2.24) is 20.2 Å². The molecule has 3 amide bonds. The molecule has 1 saturated heterocycles. The molecule has 2 heterocycles. The van der Waals surface area contributed by atoms with E-state index in [9.17, 15) is 23.5 Å². The van der Waals surface area contributed by atoms with Gasteiger partial charge in [-0.3, -0.25) is 19.7 Å². The second-order valence-electron chi connectivity index (χ2n) is 5.74. The maximum absolute atomic E-state index is 13.8. The van der Waals surface area contributed by atoms with Gasteiger partial charge in [-0.15, -0.1) is 0 Å². The van der Waals surface area contributed by atoms with Crippen molar-refractivity contribution in [1.29, 1.82) is 0 Å². The van der Waals surface area contributed by atoms with Gasteiger partial charge in [-0.25, -0.2) is 13.6 Å². The van der Waals surface area contributed by atoms with Gasteiger partial charge in [0.25, 0.3) is 5.91 Å². The van der Waals surface area contributed by atoms with Crippen molar-refractivity contribution in [2.75, 3.05) is 6.54 Å². The topological polar surface area (TPSA) is 95.4 Å². The van der Waals surface area contributed by atoms with Gasteiger partial charge in [0.05, 0.1) is 24.5 Å². The number of carbonyl (C=O) groups excluding carboxylic acids is 2. The zero-order chi connectivity index (χ0) is 18.2. The first kappa shape index (κ1) is 16.9. The molecule has 2 atom stereocenters. The van der Waals surface area contributed by atoms with Crippen molar-refractivity contribution < 1.29 is 23.5 Å². The maximum Gasteiger partial charge on any atom is 0.325 e. The van der Waals surface area contributed by atoms with Gasteiger partial charge in [0, 0.05) is 24.0 Å². The van der Waals surface area contributed by atoms with Gasteiger partial charge in [-0.05, 0) is 13.0 Å². The molecule has 130 valence electrons. The summed E-state index contributed by atoms with van der Waals surface area (Å²) < 4.78 is 26.7. The normalized spacial score (nSPS) is 21.4. The summed E-state index contributed by atoms with van der Waals surface area (Å²) in [6.45, 7) is 0.977. The molecule has 1 aromatic carbocycles. The van der Waals surface area contributed by atoms with Crippen molar-refractivity contribution in [3.63, 3.8) is 0 Å². The number of β-amino-alcohol motifs (C(OH)–C–C–N with tert-alkyl or cyclic N) is 1. The molecule has 0 bridgehead atoms. The molecule has 0 radical (unpaired) electrons. The Morgan fingerprint density at radius 2 is 2.08 bits per heavy atom. The van der Waals surface area contributed by atoms with Crippen LogP contribution in [-0.4, -0.2) is 38.5 Å². The molecule has 25 heavy (non-hydrogen) atoms. The molecule has 1 aromatic heterocycles. The largest absolute Gasteiger partial charge is 0.386 e. The van der Waals surface area contributed by atoms with E-state index >= 15 is 0 Å². The molecular weight excluding hydrogens is 334 g/mol. The molecule has 0 spiro atoms. The number of amides is 3. The predicted octanol–water partition coefficient (Wildman–Crippen LogP) is 1.26. The fraction of sp³-hybridized carbons (Fsp3) is 0.250. The Morgan fingerprint density at radius 3 is 2.72 bits per heavy atom. The first-order chi connectivity index (χ1) is 11.8. The van der Waals surface area contributed by atoms with Crippen molar-refractivity contribution in [2.24, 2.45) is 0 Å². The van der Waals surface area contributed by atoms with Crippen LogP contribution in [0, 0.1) is 11.6 Å². The SMILES string of the molecule is CC1(c2cnccn2)NC(=O)N(CC(O)c2ccc(F)cc2F)C1=O. The Kier molecular flexibility index (Phi) is 4.17.